The van der Waals surface area contributed by atoms with E-state index >= 15 is 0 Å². The van der Waals surface area contributed by atoms with Crippen LogP contribution in [-0.4, -0.2) is 10.3 Å². The Morgan fingerprint density at radius 1 is 0.724 bits per heavy atom. The number of rotatable bonds is 4. The number of hydrogen-bond acceptors (Lipinski definition) is 4. The average Bonchev–Trinajstić information content (AvgIpc) is 2.72. The molecule has 3 nitrogen and oxygen atoms in total. The largest absolute Gasteiger partial charge is 0.431 e. The first-order valence-electron chi connectivity index (χ1n) is 8.80. The molecule has 0 atom stereocenters. The second kappa shape index (κ2) is 9.54. The van der Waals surface area contributed by atoms with Crippen LogP contribution in [0, 0.1) is 11.6 Å². The van der Waals surface area contributed by atoms with Crippen molar-refractivity contribution < 1.29 is 18.3 Å². The predicted molar refractivity (Wildman–Crippen MR) is 118 cm³/mol. The molecule has 0 amide bonds. The fourth-order valence-electron chi connectivity index (χ4n) is 2.46. The normalized spacial score (nSPS) is 10.3. The minimum Gasteiger partial charge on any atom is -0.431 e. The van der Waals surface area contributed by atoms with Gasteiger partial charge in [0.1, 0.15) is 23.1 Å². The van der Waals surface area contributed by atoms with Crippen LogP contribution >= 0.6 is 24.4 Å². The Balaban J connectivity index is 1.87. The zero-order chi connectivity index (χ0) is 20.8. The Hall–Kier alpha value is -2.90. The molecular weight excluding hydrogens is 412 g/mol. The summed E-state index contributed by atoms with van der Waals surface area (Å²) in [5.74, 6) is -0.0526. The number of ether oxygens (including phenoxy) is 2. The van der Waals surface area contributed by atoms with Gasteiger partial charge in [-0.05, 0) is 97.1 Å². The van der Waals surface area contributed by atoms with Crippen molar-refractivity contribution in [1.82, 2.24) is 0 Å². The monoisotopic (exact) mass is 429 g/mol. The Morgan fingerprint density at radius 3 is 1.52 bits per heavy atom. The summed E-state index contributed by atoms with van der Waals surface area (Å²) in [5.41, 5.74) is 1.78. The molecule has 0 aliphatic heterocycles. The Labute approximate surface area is 178 Å². The van der Waals surface area contributed by atoms with E-state index in [1.54, 1.807) is 0 Å². The Bertz CT molecular complexity index is 931. The van der Waals surface area contributed by atoms with E-state index in [0.717, 1.165) is 12.0 Å². The van der Waals surface area contributed by atoms with Crippen molar-refractivity contribution in [2.24, 2.45) is 0 Å². The maximum Gasteiger partial charge on any atom is 0.277 e. The highest BCUT2D eigenvalue weighted by atomic mass is 32.1. The molecule has 0 saturated carbocycles. The first-order chi connectivity index (χ1) is 14.0. The fraction of sp³-hybridized carbons (Fsp3) is 0.0909. The number of benzene rings is 3. The molecule has 0 radical (unpaired) electrons. The van der Waals surface area contributed by atoms with Gasteiger partial charge in [-0.15, -0.1) is 0 Å². The third-order valence-corrected chi connectivity index (χ3v) is 4.54. The van der Waals surface area contributed by atoms with E-state index in [1.165, 1.54) is 53.4 Å². The quantitative estimate of drug-likeness (QED) is 0.469. The Kier molecular flexibility index (Phi) is 6.85. The van der Waals surface area contributed by atoms with Crippen molar-refractivity contribution in [1.29, 1.82) is 0 Å². The number of nitrogens with zero attached hydrogens (tertiary/aromatic N) is 1. The molecule has 3 rings (SSSR count). The van der Waals surface area contributed by atoms with Gasteiger partial charge in [0, 0.05) is 0 Å². The molecule has 0 aromatic heterocycles. The molecule has 3 aromatic rings. The van der Waals surface area contributed by atoms with Crippen molar-refractivity contribution in [3.05, 3.63) is 90.0 Å². The topological polar surface area (TPSA) is 21.7 Å². The molecule has 0 saturated heterocycles. The van der Waals surface area contributed by atoms with Crippen LogP contribution in [0.1, 0.15) is 12.5 Å². The van der Waals surface area contributed by atoms with Gasteiger partial charge >= 0.3 is 0 Å². The second-order valence-electron chi connectivity index (χ2n) is 6.00. The summed E-state index contributed by atoms with van der Waals surface area (Å²) in [6.45, 7) is 2.05. The number of aryl methyl sites for hydroxylation is 1. The maximum atomic E-state index is 13.2. The van der Waals surface area contributed by atoms with Gasteiger partial charge in [-0.2, -0.15) is 0 Å². The lowest BCUT2D eigenvalue weighted by Gasteiger charge is -2.25. The molecule has 3 aromatic carbocycles. The average molecular weight is 430 g/mol. The van der Waals surface area contributed by atoms with Crippen LogP contribution in [-0.2, 0) is 6.42 Å². The molecule has 0 N–H and O–H groups in total. The van der Waals surface area contributed by atoms with Gasteiger partial charge in [0.05, 0.1) is 5.69 Å². The van der Waals surface area contributed by atoms with E-state index in [0.29, 0.717) is 17.2 Å². The highest BCUT2D eigenvalue weighted by Crippen LogP contribution is 2.22. The molecular formula is C22H17F2NO2S2. The van der Waals surface area contributed by atoms with Crippen molar-refractivity contribution in [2.75, 3.05) is 4.90 Å². The maximum absolute atomic E-state index is 13.2. The van der Waals surface area contributed by atoms with Crippen LogP contribution in [0.15, 0.2) is 72.8 Å². The van der Waals surface area contributed by atoms with E-state index in [1.807, 2.05) is 24.3 Å². The molecule has 0 aliphatic rings. The van der Waals surface area contributed by atoms with E-state index in [4.69, 9.17) is 33.9 Å². The summed E-state index contributed by atoms with van der Waals surface area (Å²) in [7, 11) is 0. The van der Waals surface area contributed by atoms with Crippen LogP contribution in [0.3, 0.4) is 0 Å². The number of halogens is 2. The number of anilines is 1. The molecule has 0 heterocycles. The SMILES string of the molecule is CCc1ccc(N(C(=S)Oc2ccc(F)cc2)C(=S)Oc2ccc(F)cc2)cc1. The van der Waals surface area contributed by atoms with E-state index < -0.39 is 0 Å². The van der Waals surface area contributed by atoms with Crippen LogP contribution in [0.2, 0.25) is 0 Å². The van der Waals surface area contributed by atoms with Crippen LogP contribution in [0.25, 0.3) is 0 Å². The van der Waals surface area contributed by atoms with Gasteiger partial charge < -0.3 is 9.47 Å². The fourth-order valence-corrected chi connectivity index (χ4v) is 3.09. The summed E-state index contributed by atoms with van der Waals surface area (Å²) in [5, 5.41) is 0.0148. The smallest absolute Gasteiger partial charge is 0.277 e. The third-order valence-electron chi connectivity index (χ3n) is 4.01. The molecule has 0 fully saturated rings. The van der Waals surface area contributed by atoms with Crippen molar-refractivity contribution >= 4 is 40.5 Å². The lowest BCUT2D eigenvalue weighted by molar-refractivity contribution is 0.527. The number of hydrogen-bond donors (Lipinski definition) is 0. The van der Waals surface area contributed by atoms with Crippen LogP contribution in [0.4, 0.5) is 14.5 Å². The molecule has 29 heavy (non-hydrogen) atoms. The summed E-state index contributed by atoms with van der Waals surface area (Å²) < 4.78 is 37.7. The summed E-state index contributed by atoms with van der Waals surface area (Å²) in [4.78, 5) is 1.44. The molecule has 0 aliphatic carbocycles. The van der Waals surface area contributed by atoms with Gasteiger partial charge in [-0.25, -0.2) is 13.7 Å². The molecule has 148 valence electrons. The summed E-state index contributed by atoms with van der Waals surface area (Å²) in [6.07, 6.45) is 0.882. The van der Waals surface area contributed by atoms with Crippen molar-refractivity contribution in [2.45, 2.75) is 13.3 Å². The summed E-state index contributed by atoms with van der Waals surface area (Å²) >= 11 is 10.9. The highest BCUT2D eigenvalue weighted by Gasteiger charge is 2.21. The van der Waals surface area contributed by atoms with Gasteiger partial charge in [0.2, 0.25) is 0 Å². The van der Waals surface area contributed by atoms with Crippen LogP contribution in [0.5, 0.6) is 11.5 Å². The highest BCUT2D eigenvalue weighted by molar-refractivity contribution is 7.82. The molecule has 0 unspecified atom stereocenters. The second-order valence-corrected chi connectivity index (χ2v) is 6.70. The van der Waals surface area contributed by atoms with E-state index in [2.05, 4.69) is 6.92 Å². The lowest BCUT2D eigenvalue weighted by atomic mass is 10.1. The molecule has 7 heteroatoms. The van der Waals surface area contributed by atoms with Crippen LogP contribution < -0.4 is 14.4 Å². The van der Waals surface area contributed by atoms with Gasteiger partial charge in [-0.3, -0.25) is 0 Å². The third kappa shape index (κ3) is 5.56. The lowest BCUT2D eigenvalue weighted by Crippen LogP contribution is -2.40. The number of thiocarbonyl (C=S) groups is 2. The minimum absolute atomic E-state index is 0.00738. The van der Waals surface area contributed by atoms with Gasteiger partial charge in [0.15, 0.2) is 0 Å². The standard InChI is InChI=1S/C22H17F2NO2S2/c1-2-15-3-9-18(10-4-15)25(21(28)26-19-11-5-16(23)6-12-19)22(29)27-20-13-7-17(24)8-14-20/h3-14H,2H2,1H3. The van der Waals surface area contributed by atoms with Gasteiger partial charge in [0.25, 0.3) is 10.3 Å². The van der Waals surface area contributed by atoms with E-state index in [9.17, 15) is 8.78 Å². The Morgan fingerprint density at radius 2 is 1.14 bits per heavy atom. The van der Waals surface area contributed by atoms with Gasteiger partial charge in [-0.1, -0.05) is 19.1 Å². The molecule has 0 bridgehead atoms. The predicted octanol–water partition coefficient (Wildman–Crippen LogP) is 6.06. The summed E-state index contributed by atoms with van der Waals surface area (Å²) in [6, 6.07) is 18.5. The minimum atomic E-state index is -0.384. The van der Waals surface area contributed by atoms with Crippen molar-refractivity contribution in [3.8, 4) is 11.5 Å². The first-order valence-corrected chi connectivity index (χ1v) is 9.61. The zero-order valence-corrected chi connectivity index (χ0v) is 17.1. The molecule has 0 spiro atoms. The zero-order valence-electron chi connectivity index (χ0n) is 15.5. The first kappa shape index (κ1) is 20.8. The van der Waals surface area contributed by atoms with Crippen molar-refractivity contribution in [3.63, 3.8) is 0 Å². The van der Waals surface area contributed by atoms with E-state index in [-0.39, 0.29) is 22.0 Å².